The molecule has 0 spiro atoms. The Hall–Kier alpha value is -3.03. The summed E-state index contributed by atoms with van der Waals surface area (Å²) in [5.74, 6) is -0.475. The molecule has 1 N–H and O–H groups in total. The number of benzene rings is 2. The van der Waals surface area contributed by atoms with E-state index >= 15 is 0 Å². The molecule has 0 radical (unpaired) electrons. The van der Waals surface area contributed by atoms with Crippen molar-refractivity contribution in [2.45, 2.75) is 25.1 Å². The van der Waals surface area contributed by atoms with Crippen LogP contribution in [0.15, 0.2) is 54.6 Å². The summed E-state index contributed by atoms with van der Waals surface area (Å²) in [4.78, 5) is 26.8. The number of amides is 2. The Morgan fingerprint density at radius 2 is 1.75 bits per heavy atom. The lowest BCUT2D eigenvalue weighted by molar-refractivity contribution is -0.153. The van der Waals surface area contributed by atoms with Gasteiger partial charge in [0.05, 0.1) is 0 Å². The van der Waals surface area contributed by atoms with Gasteiger partial charge in [-0.3, -0.25) is 9.59 Å². The maximum Gasteiger partial charge on any atom is 0.422 e. The summed E-state index contributed by atoms with van der Waals surface area (Å²) in [6, 6.07) is 13.8. The predicted molar refractivity (Wildman–Crippen MR) is 97.1 cm³/mol. The summed E-state index contributed by atoms with van der Waals surface area (Å²) in [6.45, 7) is -0.882. The van der Waals surface area contributed by atoms with Crippen molar-refractivity contribution >= 4 is 17.5 Å². The minimum Gasteiger partial charge on any atom is -0.484 e. The molecule has 1 fully saturated rings. The average Bonchev–Trinajstić information content (AvgIpc) is 3.17. The largest absolute Gasteiger partial charge is 0.484 e. The van der Waals surface area contributed by atoms with Crippen LogP contribution in [0.4, 0.5) is 18.9 Å². The summed E-state index contributed by atoms with van der Waals surface area (Å²) in [6.07, 6.45) is -3.14. The molecule has 0 unspecified atom stereocenters. The van der Waals surface area contributed by atoms with E-state index in [9.17, 15) is 22.8 Å². The maximum absolute atomic E-state index is 12.6. The van der Waals surface area contributed by atoms with E-state index in [-0.39, 0.29) is 17.6 Å². The van der Waals surface area contributed by atoms with E-state index in [0.29, 0.717) is 24.2 Å². The summed E-state index contributed by atoms with van der Waals surface area (Å²) < 4.78 is 41.2. The zero-order valence-corrected chi connectivity index (χ0v) is 14.9. The number of halogens is 3. The number of alkyl halides is 3. The zero-order chi connectivity index (χ0) is 20.1. The highest BCUT2D eigenvalue weighted by molar-refractivity contribution is 6.01. The van der Waals surface area contributed by atoms with Crippen molar-refractivity contribution in [3.63, 3.8) is 0 Å². The quantitative estimate of drug-likeness (QED) is 0.840. The van der Waals surface area contributed by atoms with Gasteiger partial charge in [-0.25, -0.2) is 0 Å². The third-order valence-electron chi connectivity index (χ3n) is 4.36. The van der Waals surface area contributed by atoms with Crippen molar-refractivity contribution in [1.29, 1.82) is 0 Å². The molecule has 1 aliphatic heterocycles. The number of hydrogen-bond donors (Lipinski definition) is 1. The van der Waals surface area contributed by atoms with Gasteiger partial charge in [0.2, 0.25) is 5.91 Å². The number of rotatable bonds is 5. The van der Waals surface area contributed by atoms with Crippen molar-refractivity contribution in [1.82, 2.24) is 4.90 Å². The van der Waals surface area contributed by atoms with Crippen molar-refractivity contribution in [3.05, 3.63) is 60.2 Å². The van der Waals surface area contributed by atoms with E-state index in [2.05, 4.69) is 10.1 Å². The first-order chi connectivity index (χ1) is 13.3. The van der Waals surface area contributed by atoms with Gasteiger partial charge in [-0.2, -0.15) is 13.2 Å². The molecule has 28 heavy (non-hydrogen) atoms. The molecule has 3 rings (SSSR count). The number of nitrogens with one attached hydrogen (secondary N) is 1. The molecule has 5 nitrogen and oxygen atoms in total. The Morgan fingerprint density at radius 1 is 1.07 bits per heavy atom. The van der Waals surface area contributed by atoms with Crippen LogP contribution in [0, 0.1) is 0 Å². The SMILES string of the molecule is O=C(Nc1ccc(OCC(F)(F)F)cc1)[C@H]1CCCN1C(=O)c1ccccc1. The van der Waals surface area contributed by atoms with Crippen molar-refractivity contribution in [3.8, 4) is 5.75 Å². The Balaban J connectivity index is 1.61. The number of hydrogen-bond acceptors (Lipinski definition) is 3. The lowest BCUT2D eigenvalue weighted by Gasteiger charge is -2.24. The maximum atomic E-state index is 12.6. The van der Waals surface area contributed by atoms with Crippen molar-refractivity contribution in [2.75, 3.05) is 18.5 Å². The molecule has 1 atom stereocenters. The smallest absolute Gasteiger partial charge is 0.422 e. The topological polar surface area (TPSA) is 58.6 Å². The Bertz CT molecular complexity index is 823. The van der Waals surface area contributed by atoms with Crippen LogP contribution in [0.5, 0.6) is 5.75 Å². The molecule has 148 valence electrons. The molecule has 1 heterocycles. The highest BCUT2D eigenvalue weighted by atomic mass is 19.4. The molecular formula is C20H19F3N2O3. The summed E-state index contributed by atoms with van der Waals surface area (Å²) >= 11 is 0. The minimum absolute atomic E-state index is 0.0528. The fourth-order valence-corrected chi connectivity index (χ4v) is 3.05. The van der Waals surface area contributed by atoms with Gasteiger partial charge in [0.1, 0.15) is 11.8 Å². The van der Waals surface area contributed by atoms with Gasteiger partial charge in [0.15, 0.2) is 6.61 Å². The first-order valence-electron chi connectivity index (χ1n) is 8.80. The fraction of sp³-hybridized carbons (Fsp3) is 0.300. The van der Waals surface area contributed by atoms with Crippen LogP contribution in [-0.4, -0.2) is 42.1 Å². The minimum atomic E-state index is -4.41. The average molecular weight is 392 g/mol. The van der Waals surface area contributed by atoms with E-state index in [1.54, 1.807) is 29.2 Å². The summed E-state index contributed by atoms with van der Waals surface area (Å²) in [5, 5.41) is 2.71. The highest BCUT2D eigenvalue weighted by Crippen LogP contribution is 2.23. The number of carbonyl (C=O) groups is 2. The van der Waals surface area contributed by atoms with Crippen LogP contribution >= 0.6 is 0 Å². The number of likely N-dealkylation sites (tertiary alicyclic amines) is 1. The molecule has 2 aromatic carbocycles. The van der Waals surface area contributed by atoms with Gasteiger partial charge in [0.25, 0.3) is 5.91 Å². The molecule has 0 bridgehead atoms. The lowest BCUT2D eigenvalue weighted by Crippen LogP contribution is -2.43. The Labute approximate surface area is 160 Å². The monoisotopic (exact) mass is 392 g/mol. The van der Waals surface area contributed by atoms with Crippen LogP contribution in [0.3, 0.4) is 0 Å². The van der Waals surface area contributed by atoms with E-state index in [1.165, 1.54) is 24.3 Å². The molecule has 0 saturated carbocycles. The van der Waals surface area contributed by atoms with Gasteiger partial charge in [-0.15, -0.1) is 0 Å². The van der Waals surface area contributed by atoms with Gasteiger partial charge >= 0.3 is 6.18 Å². The molecule has 2 amide bonds. The van der Waals surface area contributed by atoms with Crippen molar-refractivity contribution in [2.24, 2.45) is 0 Å². The van der Waals surface area contributed by atoms with Crippen LogP contribution in [0.1, 0.15) is 23.2 Å². The van der Waals surface area contributed by atoms with E-state index in [0.717, 1.165) is 6.42 Å². The molecule has 1 aliphatic rings. The van der Waals surface area contributed by atoms with E-state index < -0.39 is 18.8 Å². The standard InChI is InChI=1S/C20H19F3N2O3/c21-20(22,23)13-28-16-10-8-15(9-11-16)24-18(26)17-7-4-12-25(17)19(27)14-5-2-1-3-6-14/h1-3,5-6,8-11,17H,4,7,12-13H2,(H,24,26)/t17-/m1/s1. The summed E-state index contributed by atoms with van der Waals surface area (Å²) in [5.41, 5.74) is 0.941. The lowest BCUT2D eigenvalue weighted by atomic mass is 10.1. The number of anilines is 1. The first kappa shape index (κ1) is 19.7. The van der Waals surface area contributed by atoms with Crippen LogP contribution in [0.2, 0.25) is 0 Å². The second kappa shape index (κ2) is 8.33. The normalized spacial score (nSPS) is 16.7. The summed E-state index contributed by atoms with van der Waals surface area (Å²) in [7, 11) is 0. The third kappa shape index (κ3) is 5.03. The van der Waals surface area contributed by atoms with Gasteiger partial charge < -0.3 is 15.0 Å². The van der Waals surface area contributed by atoms with Crippen LogP contribution in [-0.2, 0) is 4.79 Å². The van der Waals surface area contributed by atoms with Gasteiger partial charge in [-0.05, 0) is 49.2 Å². The van der Waals surface area contributed by atoms with Gasteiger partial charge in [0, 0.05) is 17.8 Å². The van der Waals surface area contributed by atoms with Crippen molar-refractivity contribution < 1.29 is 27.5 Å². The molecule has 1 saturated heterocycles. The Kier molecular flexibility index (Phi) is 5.87. The zero-order valence-electron chi connectivity index (χ0n) is 14.9. The van der Waals surface area contributed by atoms with Gasteiger partial charge in [-0.1, -0.05) is 18.2 Å². The molecule has 2 aromatic rings. The second-order valence-electron chi connectivity index (χ2n) is 6.44. The first-order valence-corrected chi connectivity index (χ1v) is 8.80. The Morgan fingerprint density at radius 3 is 2.39 bits per heavy atom. The molecule has 0 aromatic heterocycles. The van der Waals surface area contributed by atoms with E-state index in [4.69, 9.17) is 0 Å². The van der Waals surface area contributed by atoms with Crippen LogP contribution < -0.4 is 10.1 Å². The van der Waals surface area contributed by atoms with E-state index in [1.807, 2.05) is 6.07 Å². The molecule has 8 heteroatoms. The fourth-order valence-electron chi connectivity index (χ4n) is 3.05. The number of carbonyl (C=O) groups excluding carboxylic acids is 2. The van der Waals surface area contributed by atoms with Crippen LogP contribution in [0.25, 0.3) is 0 Å². The number of nitrogens with zero attached hydrogens (tertiary/aromatic N) is 1. The highest BCUT2D eigenvalue weighted by Gasteiger charge is 2.34. The predicted octanol–water partition coefficient (Wildman–Crippen LogP) is 3.87. The molecular weight excluding hydrogens is 373 g/mol. The number of ether oxygens (including phenoxy) is 1. The molecule has 0 aliphatic carbocycles. The second-order valence-corrected chi connectivity index (χ2v) is 6.44. The third-order valence-corrected chi connectivity index (χ3v) is 4.36.